The molecule has 0 radical (unpaired) electrons. The first-order chi connectivity index (χ1) is 13.4. The van der Waals surface area contributed by atoms with Gasteiger partial charge >= 0.3 is 0 Å². The lowest BCUT2D eigenvalue weighted by atomic mass is 10.0. The first-order valence-corrected chi connectivity index (χ1v) is 8.98. The second-order valence-corrected chi connectivity index (χ2v) is 6.90. The van der Waals surface area contributed by atoms with Crippen LogP contribution in [0.1, 0.15) is 33.2 Å². The lowest BCUT2D eigenvalue weighted by molar-refractivity contribution is -0.114. The van der Waals surface area contributed by atoms with Gasteiger partial charge in [0.1, 0.15) is 0 Å². The number of hydrogen-bond donors (Lipinski definition) is 2. The molecule has 4 rings (SSSR count). The maximum atomic E-state index is 12.8. The Balaban J connectivity index is 1.66. The number of anilines is 2. The van der Waals surface area contributed by atoms with E-state index in [0.717, 1.165) is 11.1 Å². The third-order valence-corrected chi connectivity index (χ3v) is 4.76. The number of carbonyl (C=O) groups is 3. The molecule has 0 heterocycles. The van der Waals surface area contributed by atoms with E-state index in [2.05, 4.69) is 10.6 Å². The van der Waals surface area contributed by atoms with Gasteiger partial charge in [-0.3, -0.25) is 14.4 Å². The Morgan fingerprint density at radius 2 is 1.50 bits per heavy atom. The zero-order valence-electron chi connectivity index (χ0n) is 14.9. The Morgan fingerprint density at radius 1 is 0.786 bits per heavy atom. The average molecular weight is 391 g/mol. The summed E-state index contributed by atoms with van der Waals surface area (Å²) in [5.41, 5.74) is 3.99. The Morgan fingerprint density at radius 3 is 2.25 bits per heavy atom. The molecule has 2 amide bonds. The van der Waals surface area contributed by atoms with Crippen molar-refractivity contribution in [2.24, 2.45) is 0 Å². The van der Waals surface area contributed by atoms with Gasteiger partial charge in [-0.15, -0.1) is 0 Å². The van der Waals surface area contributed by atoms with Gasteiger partial charge in [0.15, 0.2) is 5.78 Å². The standard InChI is InChI=1S/C22H15ClN2O3/c1-12(26)24-19-9-7-14(23)11-20(19)25-22(28)13-6-8-16-15-4-2-3-5-17(15)21(27)18(16)10-13/h2-11H,1H3,(H,24,26)(H,25,28). The predicted octanol–water partition coefficient (Wildman–Crippen LogP) is 4.76. The quantitative estimate of drug-likeness (QED) is 0.529. The van der Waals surface area contributed by atoms with Gasteiger partial charge in [0, 0.05) is 28.6 Å². The highest BCUT2D eigenvalue weighted by Gasteiger charge is 2.27. The molecular weight excluding hydrogens is 376 g/mol. The Kier molecular flexibility index (Phi) is 4.45. The molecule has 1 aliphatic rings. The SMILES string of the molecule is CC(=O)Nc1ccc(Cl)cc1NC(=O)c1ccc2c(c1)C(=O)c1ccccc1-2. The van der Waals surface area contributed by atoms with Crippen LogP contribution in [0.4, 0.5) is 11.4 Å². The van der Waals surface area contributed by atoms with Gasteiger partial charge in [-0.25, -0.2) is 0 Å². The highest BCUT2D eigenvalue weighted by atomic mass is 35.5. The summed E-state index contributed by atoms with van der Waals surface area (Å²) in [6, 6.07) is 17.2. The summed E-state index contributed by atoms with van der Waals surface area (Å²) >= 11 is 6.02. The van der Waals surface area contributed by atoms with Crippen molar-refractivity contribution < 1.29 is 14.4 Å². The van der Waals surface area contributed by atoms with Crippen molar-refractivity contribution in [3.05, 3.63) is 82.4 Å². The van der Waals surface area contributed by atoms with Crippen LogP contribution in [0.2, 0.25) is 5.02 Å². The number of fused-ring (bicyclic) bond motifs is 3. The fourth-order valence-corrected chi connectivity index (χ4v) is 3.45. The summed E-state index contributed by atoms with van der Waals surface area (Å²) in [5, 5.41) is 5.82. The second kappa shape index (κ2) is 6.94. The molecule has 0 aliphatic heterocycles. The predicted molar refractivity (Wildman–Crippen MR) is 109 cm³/mol. The van der Waals surface area contributed by atoms with E-state index in [4.69, 9.17) is 11.6 Å². The van der Waals surface area contributed by atoms with Gasteiger partial charge in [-0.2, -0.15) is 0 Å². The number of carbonyl (C=O) groups excluding carboxylic acids is 3. The third-order valence-electron chi connectivity index (χ3n) is 4.53. The van der Waals surface area contributed by atoms with Crippen molar-refractivity contribution >= 4 is 40.6 Å². The molecule has 0 fully saturated rings. The molecule has 0 saturated carbocycles. The number of halogens is 1. The smallest absolute Gasteiger partial charge is 0.255 e. The molecule has 138 valence electrons. The molecule has 1 aliphatic carbocycles. The molecule has 28 heavy (non-hydrogen) atoms. The average Bonchev–Trinajstić information content (AvgIpc) is 2.96. The minimum atomic E-state index is -0.402. The van der Waals surface area contributed by atoms with Crippen LogP contribution in [0.3, 0.4) is 0 Å². The largest absolute Gasteiger partial charge is 0.325 e. The Labute approximate surface area is 166 Å². The van der Waals surface area contributed by atoms with Gasteiger partial charge in [0.2, 0.25) is 5.91 Å². The maximum Gasteiger partial charge on any atom is 0.255 e. The van der Waals surface area contributed by atoms with E-state index in [0.29, 0.717) is 33.1 Å². The summed E-state index contributed by atoms with van der Waals surface area (Å²) in [6.07, 6.45) is 0. The van der Waals surface area contributed by atoms with E-state index in [-0.39, 0.29) is 11.7 Å². The molecular formula is C22H15ClN2O3. The number of rotatable bonds is 3. The minimum absolute atomic E-state index is 0.0954. The highest BCUT2D eigenvalue weighted by Crippen LogP contribution is 2.37. The summed E-state index contributed by atoms with van der Waals surface area (Å²) in [4.78, 5) is 36.8. The van der Waals surface area contributed by atoms with Gasteiger partial charge in [0.25, 0.3) is 5.91 Å². The topological polar surface area (TPSA) is 75.3 Å². The highest BCUT2D eigenvalue weighted by molar-refractivity contribution is 6.31. The van der Waals surface area contributed by atoms with Crippen LogP contribution in [0, 0.1) is 0 Å². The summed E-state index contributed by atoms with van der Waals surface area (Å²) in [7, 11) is 0. The molecule has 5 nitrogen and oxygen atoms in total. The van der Waals surface area contributed by atoms with E-state index in [1.165, 1.54) is 6.92 Å². The van der Waals surface area contributed by atoms with E-state index in [1.807, 2.05) is 18.2 Å². The molecule has 0 unspecified atom stereocenters. The summed E-state index contributed by atoms with van der Waals surface area (Å²) in [5.74, 6) is -0.763. The fourth-order valence-electron chi connectivity index (χ4n) is 3.28. The number of amides is 2. The molecule has 0 aromatic heterocycles. The molecule has 0 bridgehead atoms. The van der Waals surface area contributed by atoms with Crippen LogP contribution in [0.5, 0.6) is 0 Å². The summed E-state index contributed by atoms with van der Waals surface area (Å²) < 4.78 is 0. The molecule has 3 aromatic rings. The molecule has 0 atom stereocenters. The van der Waals surface area contributed by atoms with Gasteiger partial charge in [0.05, 0.1) is 11.4 Å². The number of ketones is 1. The van der Waals surface area contributed by atoms with Crippen molar-refractivity contribution in [3.63, 3.8) is 0 Å². The monoisotopic (exact) mass is 390 g/mol. The van der Waals surface area contributed by atoms with Gasteiger partial charge in [-0.05, 0) is 41.5 Å². The first-order valence-electron chi connectivity index (χ1n) is 8.60. The number of benzene rings is 3. The zero-order chi connectivity index (χ0) is 19.8. The Bertz CT molecular complexity index is 1150. The lowest BCUT2D eigenvalue weighted by Gasteiger charge is -2.12. The van der Waals surface area contributed by atoms with E-state index < -0.39 is 5.91 Å². The molecule has 0 saturated heterocycles. The summed E-state index contributed by atoms with van der Waals surface area (Å²) in [6.45, 7) is 1.38. The van der Waals surface area contributed by atoms with Crippen LogP contribution < -0.4 is 10.6 Å². The Hall–Kier alpha value is -3.44. The lowest BCUT2D eigenvalue weighted by Crippen LogP contribution is -2.15. The van der Waals surface area contributed by atoms with Gasteiger partial charge < -0.3 is 10.6 Å². The van der Waals surface area contributed by atoms with Crippen molar-refractivity contribution in [2.45, 2.75) is 6.92 Å². The van der Waals surface area contributed by atoms with Crippen LogP contribution in [0.15, 0.2) is 60.7 Å². The minimum Gasteiger partial charge on any atom is -0.325 e. The third kappa shape index (κ3) is 3.17. The fraction of sp³-hybridized carbons (Fsp3) is 0.0455. The van der Waals surface area contributed by atoms with Crippen molar-refractivity contribution in [1.29, 1.82) is 0 Å². The molecule has 3 aromatic carbocycles. The molecule has 6 heteroatoms. The van der Waals surface area contributed by atoms with E-state index in [1.54, 1.807) is 42.5 Å². The zero-order valence-corrected chi connectivity index (χ0v) is 15.6. The normalized spacial score (nSPS) is 11.6. The number of hydrogen-bond acceptors (Lipinski definition) is 3. The van der Waals surface area contributed by atoms with Gasteiger partial charge in [-0.1, -0.05) is 41.9 Å². The van der Waals surface area contributed by atoms with Crippen LogP contribution in [0.25, 0.3) is 11.1 Å². The van der Waals surface area contributed by atoms with Crippen LogP contribution >= 0.6 is 11.6 Å². The number of nitrogens with one attached hydrogen (secondary N) is 2. The van der Waals surface area contributed by atoms with E-state index >= 15 is 0 Å². The van der Waals surface area contributed by atoms with Crippen LogP contribution in [-0.2, 0) is 4.79 Å². The van der Waals surface area contributed by atoms with Crippen molar-refractivity contribution in [3.8, 4) is 11.1 Å². The molecule has 0 spiro atoms. The second-order valence-electron chi connectivity index (χ2n) is 6.46. The van der Waals surface area contributed by atoms with Crippen LogP contribution in [-0.4, -0.2) is 17.6 Å². The van der Waals surface area contributed by atoms with Crippen molar-refractivity contribution in [2.75, 3.05) is 10.6 Å². The maximum absolute atomic E-state index is 12.8. The van der Waals surface area contributed by atoms with E-state index in [9.17, 15) is 14.4 Å². The van der Waals surface area contributed by atoms with Crippen molar-refractivity contribution in [1.82, 2.24) is 0 Å². The first kappa shape index (κ1) is 17.9. The molecule has 2 N–H and O–H groups in total.